The molecule has 0 N–H and O–H groups in total. The van der Waals surface area contributed by atoms with Crippen LogP contribution in [0, 0.1) is 6.07 Å². The molecule has 0 aromatic heterocycles. The number of hydrogen-bond acceptors (Lipinski definition) is 3. The van der Waals surface area contributed by atoms with Crippen LogP contribution in [-0.4, -0.2) is 8.42 Å². The Balaban J connectivity index is -0.000000653. The Hall–Kier alpha value is 0.995. The third-order valence-electron chi connectivity index (χ3n) is 1.28. The van der Waals surface area contributed by atoms with Gasteiger partial charge in [0.1, 0.15) is 0 Å². The van der Waals surface area contributed by atoms with Gasteiger partial charge < -0.3 is 9.83 Å². The Morgan fingerprint density at radius 2 is 2.00 bits per heavy atom. The van der Waals surface area contributed by atoms with E-state index < -0.39 is 15.9 Å². The van der Waals surface area contributed by atoms with Crippen molar-refractivity contribution in [2.45, 2.75) is 4.90 Å². The average molecular weight is 268 g/mol. The molecule has 0 aliphatic heterocycles. The molecule has 0 radical (unpaired) electrons. The van der Waals surface area contributed by atoms with Crippen molar-refractivity contribution >= 4 is 21.6 Å². The fraction of sp³-hybridized carbons (Fsp3) is 0. The molecule has 76 valence electrons. The normalized spacial score (nSPS) is 9.00. The van der Waals surface area contributed by atoms with E-state index in [-0.39, 0.29) is 77.2 Å². The number of benzene rings is 1. The molecule has 4 nitrogen and oxygen atoms in total. The molecule has 1 aromatic carbocycles. The second-order valence-corrected chi connectivity index (χ2v) is 4.30. The molecule has 0 bridgehead atoms. The first-order valence-electron chi connectivity index (χ1n) is 3.43. The zero-order valence-corrected chi connectivity index (χ0v) is 13.5. The standard InChI is InChI=1S/C8H6ClNO3S.2Li.Na/c1-6(11)10-14(12,13)8-5-3-2-4-7(8)9;;;/h2,4-5,11H,1H2;;;/q-2;3*+1/p-1. The van der Waals surface area contributed by atoms with Crippen molar-refractivity contribution in [3.05, 3.63) is 46.5 Å². The second-order valence-electron chi connectivity index (χ2n) is 2.32. The summed E-state index contributed by atoms with van der Waals surface area (Å²) < 4.78 is 25.5. The summed E-state index contributed by atoms with van der Waals surface area (Å²) in [5.74, 6) is -1.04. The van der Waals surface area contributed by atoms with Gasteiger partial charge in [0.05, 0.1) is 10.0 Å². The van der Waals surface area contributed by atoms with Gasteiger partial charge in [-0.05, 0) is 4.90 Å². The van der Waals surface area contributed by atoms with E-state index in [1.165, 1.54) is 12.1 Å². The zero-order valence-electron chi connectivity index (χ0n) is 9.90. The molecule has 17 heavy (non-hydrogen) atoms. The molecule has 0 spiro atoms. The number of nitrogens with zero attached hydrogens (tertiary/aromatic N) is 1. The number of sulfonamides is 1. The molecule has 0 amide bonds. The van der Waals surface area contributed by atoms with Crippen molar-refractivity contribution in [1.82, 2.24) is 0 Å². The maximum absolute atomic E-state index is 11.3. The van der Waals surface area contributed by atoms with Crippen LogP contribution in [0.3, 0.4) is 0 Å². The van der Waals surface area contributed by atoms with Crippen molar-refractivity contribution in [3.8, 4) is 0 Å². The Morgan fingerprint density at radius 3 is 2.41 bits per heavy atom. The van der Waals surface area contributed by atoms with Crippen molar-refractivity contribution in [2.24, 2.45) is 0 Å². The molecule has 9 heteroatoms. The molecule has 0 fully saturated rings. The summed E-state index contributed by atoms with van der Waals surface area (Å²) in [6.07, 6.45) is 0. The van der Waals surface area contributed by atoms with E-state index >= 15 is 0 Å². The van der Waals surface area contributed by atoms with Crippen molar-refractivity contribution < 1.29 is 80.8 Å². The maximum atomic E-state index is 11.3. The first-order valence-corrected chi connectivity index (χ1v) is 5.25. The summed E-state index contributed by atoms with van der Waals surface area (Å²) in [5, 5.41) is 10.4. The van der Waals surface area contributed by atoms with Gasteiger partial charge >= 0.3 is 67.3 Å². The van der Waals surface area contributed by atoms with Gasteiger partial charge in [-0.1, -0.05) is 5.02 Å². The van der Waals surface area contributed by atoms with Crippen molar-refractivity contribution in [3.63, 3.8) is 0 Å². The minimum Gasteiger partial charge on any atom is -0.889 e. The van der Waals surface area contributed by atoms with Gasteiger partial charge in [-0.15, -0.1) is 18.2 Å². The van der Waals surface area contributed by atoms with Gasteiger partial charge in [0.2, 0.25) is 0 Å². The summed E-state index contributed by atoms with van der Waals surface area (Å²) in [6.45, 7) is 2.84. The maximum Gasteiger partial charge on any atom is 1.00 e. The zero-order chi connectivity index (χ0) is 10.8. The van der Waals surface area contributed by atoms with Gasteiger partial charge in [-0.3, -0.25) is 8.42 Å². The fourth-order valence-corrected chi connectivity index (χ4v) is 2.08. The Kier molecular flexibility index (Phi) is 13.4. The van der Waals surface area contributed by atoms with Crippen LogP contribution >= 0.6 is 11.6 Å². The minimum atomic E-state index is -4.04. The first kappa shape index (κ1) is 23.1. The molecule has 1 rings (SSSR count). The second kappa shape index (κ2) is 9.86. The molecule has 0 atom stereocenters. The fourth-order valence-electron chi connectivity index (χ4n) is 0.777. The van der Waals surface area contributed by atoms with E-state index in [9.17, 15) is 13.5 Å². The van der Waals surface area contributed by atoms with Gasteiger partial charge in [0, 0.05) is 0 Å². The van der Waals surface area contributed by atoms with E-state index in [1.807, 2.05) is 0 Å². The molecule has 1 aromatic rings. The van der Waals surface area contributed by atoms with Crippen molar-refractivity contribution in [2.75, 3.05) is 0 Å². The number of rotatable bonds is 3. The number of hydrogen-bond donors (Lipinski definition) is 0. The van der Waals surface area contributed by atoms with E-state index in [0.717, 1.165) is 6.07 Å². The van der Waals surface area contributed by atoms with Crippen LogP contribution < -0.4 is 72.4 Å². The molecular weight excluding hydrogens is 262 g/mol. The van der Waals surface area contributed by atoms with Crippen LogP contribution in [0.2, 0.25) is 5.02 Å². The molecule has 0 unspecified atom stereocenters. The van der Waals surface area contributed by atoms with Crippen LogP contribution in [0.15, 0.2) is 35.6 Å². The molecule has 0 aliphatic rings. The van der Waals surface area contributed by atoms with Gasteiger partial charge in [-0.25, -0.2) is 5.88 Å². The van der Waals surface area contributed by atoms with Crippen molar-refractivity contribution in [1.29, 1.82) is 0 Å². The summed E-state index contributed by atoms with van der Waals surface area (Å²) in [7, 11) is -4.04. The summed E-state index contributed by atoms with van der Waals surface area (Å²) in [4.78, 5) is -0.251. The summed E-state index contributed by atoms with van der Waals surface area (Å²) in [6, 6.07) is 6.47. The topological polar surface area (TPSA) is 71.3 Å². The van der Waals surface area contributed by atoms with Gasteiger partial charge in [0.15, 0.2) is 0 Å². The van der Waals surface area contributed by atoms with Crippen LogP contribution in [-0.2, 0) is 10.0 Å². The quantitative estimate of drug-likeness (QED) is 0.310. The van der Waals surface area contributed by atoms with E-state index in [4.69, 9.17) is 11.6 Å². The minimum absolute atomic E-state index is 0. The van der Waals surface area contributed by atoms with Crippen LogP contribution in [0.5, 0.6) is 0 Å². The summed E-state index contributed by atoms with van der Waals surface area (Å²) in [5.41, 5.74) is 0. The van der Waals surface area contributed by atoms with Crippen LogP contribution in [0.25, 0.3) is 4.72 Å². The van der Waals surface area contributed by atoms with Gasteiger partial charge in [-0.2, -0.15) is 24.3 Å². The molecule has 0 saturated carbocycles. The summed E-state index contributed by atoms with van der Waals surface area (Å²) >= 11 is 5.60. The van der Waals surface area contributed by atoms with E-state index in [1.54, 1.807) is 0 Å². The third kappa shape index (κ3) is 7.23. The first-order chi connectivity index (χ1) is 6.43. The largest absolute Gasteiger partial charge is 1.00 e. The molecular formula is C8H5ClLi2NNaO3S. The smallest absolute Gasteiger partial charge is 0.889 e. The predicted octanol–water partition coefficient (Wildman–Crippen LogP) is -7.95. The van der Waals surface area contributed by atoms with E-state index in [0.29, 0.717) is 0 Å². The van der Waals surface area contributed by atoms with Crippen LogP contribution in [0.4, 0.5) is 0 Å². The Morgan fingerprint density at radius 1 is 1.47 bits per heavy atom. The van der Waals surface area contributed by atoms with E-state index in [2.05, 4.69) is 17.4 Å². The average Bonchev–Trinajstić information content (AvgIpc) is 2.02. The Labute approximate surface area is 152 Å². The third-order valence-corrected chi connectivity index (χ3v) is 3.05. The monoisotopic (exact) mass is 267 g/mol. The molecule has 0 saturated heterocycles. The predicted molar refractivity (Wildman–Crippen MR) is 50.0 cm³/mol. The van der Waals surface area contributed by atoms with Gasteiger partial charge in [0.25, 0.3) is 0 Å². The molecule has 0 heterocycles. The Bertz CT molecular complexity index is 470. The molecule has 0 aliphatic carbocycles. The SMILES string of the molecule is C=C([O-])[N-]S(=O)(=O)c1c[c-]ccc1Cl.[Li+].[Li+].[Na+]. The van der Waals surface area contributed by atoms with Crippen LogP contribution in [0.1, 0.15) is 0 Å². The number of halogens is 1.